The largest absolute Gasteiger partial charge is 0.504 e. The van der Waals surface area contributed by atoms with Crippen LogP contribution in [0.3, 0.4) is 0 Å². The number of benzene rings is 2. The fourth-order valence-electron chi connectivity index (χ4n) is 4.40. The third kappa shape index (κ3) is 5.62. The highest BCUT2D eigenvalue weighted by atomic mass is 16.7. The Hall–Kier alpha value is -3.29. The van der Waals surface area contributed by atoms with E-state index in [0.717, 1.165) is 0 Å². The molecule has 11 N–H and O–H groups in total. The molecule has 0 saturated carbocycles. The topological polar surface area (TPSA) is 277 Å². The number of phenols is 3. The molecule has 2 aliphatic rings. The quantitative estimate of drug-likeness (QED) is 0.133. The van der Waals surface area contributed by atoms with Crippen LogP contribution in [0.25, 0.3) is 0 Å². The maximum Gasteiger partial charge on any atom is 0.229 e. The molecule has 2 aromatic carbocycles. The van der Waals surface area contributed by atoms with Gasteiger partial charge >= 0.3 is 0 Å². The van der Waals surface area contributed by atoms with Gasteiger partial charge in [0.2, 0.25) is 35.6 Å². The fraction of sp³-hybridized carbons (Fsp3) is 0.480. The van der Waals surface area contributed by atoms with Crippen molar-refractivity contribution < 1.29 is 79.9 Å². The summed E-state index contributed by atoms with van der Waals surface area (Å²) in [5, 5.41) is 113. The molecule has 0 radical (unpaired) electrons. The lowest BCUT2D eigenvalue weighted by Gasteiger charge is -2.40. The van der Waals surface area contributed by atoms with Gasteiger partial charge in [-0.1, -0.05) is 30.3 Å². The molecule has 226 valence electrons. The number of aliphatic hydroxyl groups excluding tert-OH is 8. The summed E-state index contributed by atoms with van der Waals surface area (Å²) in [6, 6.07) is 7.17. The number of rotatable bonds is 8. The molecule has 41 heavy (non-hydrogen) atoms. The average Bonchev–Trinajstić information content (AvgIpc) is 2.97. The van der Waals surface area contributed by atoms with E-state index in [9.17, 15) is 61.0 Å². The van der Waals surface area contributed by atoms with E-state index in [1.54, 1.807) is 6.07 Å². The minimum atomic E-state index is -2.02. The van der Waals surface area contributed by atoms with Crippen molar-refractivity contribution in [2.24, 2.45) is 0 Å². The van der Waals surface area contributed by atoms with E-state index >= 15 is 0 Å². The zero-order valence-corrected chi connectivity index (χ0v) is 21.0. The van der Waals surface area contributed by atoms with Crippen molar-refractivity contribution >= 4 is 5.78 Å². The van der Waals surface area contributed by atoms with Gasteiger partial charge in [-0.3, -0.25) is 4.79 Å². The molecule has 2 fully saturated rings. The van der Waals surface area contributed by atoms with E-state index in [0.29, 0.717) is 0 Å². The Labute approximate surface area is 231 Å². The van der Waals surface area contributed by atoms with Gasteiger partial charge in [-0.05, 0) is 0 Å². The lowest BCUT2D eigenvalue weighted by atomic mass is 9.98. The van der Waals surface area contributed by atoms with Crippen molar-refractivity contribution in [2.75, 3.05) is 13.2 Å². The first-order chi connectivity index (χ1) is 19.4. The van der Waals surface area contributed by atoms with Crippen LogP contribution in [0.5, 0.6) is 28.7 Å². The predicted octanol–water partition coefficient (Wildman–Crippen LogP) is -3.61. The van der Waals surface area contributed by atoms with Crippen molar-refractivity contribution in [3.8, 4) is 28.7 Å². The molecule has 2 aromatic rings. The van der Waals surface area contributed by atoms with Crippen molar-refractivity contribution in [3.05, 3.63) is 41.5 Å². The van der Waals surface area contributed by atoms with Crippen molar-refractivity contribution in [1.82, 2.24) is 0 Å². The number of carbonyl (C=O) groups is 1. The SMILES string of the molecule is O=C(c1ccccc1)c1c(O)c(O[C@@H]2O[C@H](CO)[C@@H](O)[C@H](O)[C@H]2O)c(O)c(O[C@@H]2O[C@H](CO)[C@@H](O)[C@H](O)[C@H]2O)c1O. The Balaban J connectivity index is 1.81. The number of ketones is 1. The molecule has 16 heteroatoms. The predicted molar refractivity (Wildman–Crippen MR) is 130 cm³/mol. The second-order valence-corrected chi connectivity index (χ2v) is 9.40. The van der Waals surface area contributed by atoms with Gasteiger partial charge in [0.1, 0.15) is 54.4 Å². The molecule has 0 unspecified atom stereocenters. The standard InChI is InChI=1S/C25H30O16/c26-6-9-13(29)17(33)19(35)24(38-9)40-22-15(31)11(12(28)8-4-2-1-3-5-8)16(32)23(21(22)37)41-25-20(36)18(34)14(30)10(7-27)39-25/h1-5,9-10,13-14,17-20,24-27,29-37H,6-7H2/t9-,10-,13-,14-,17+,18+,19-,20-,24+,25+/m1/s1. The summed E-state index contributed by atoms with van der Waals surface area (Å²) in [6.45, 7) is -1.69. The fourth-order valence-corrected chi connectivity index (χ4v) is 4.40. The first-order valence-corrected chi connectivity index (χ1v) is 12.3. The number of phenolic OH excluding ortho intramolecular Hbond substituents is 3. The molecular weight excluding hydrogens is 556 g/mol. The molecule has 2 aliphatic heterocycles. The average molecular weight is 586 g/mol. The molecule has 2 saturated heterocycles. The molecule has 2 heterocycles. The summed E-state index contributed by atoms with van der Waals surface area (Å²) in [5.74, 6) is -6.76. The van der Waals surface area contributed by atoms with Crippen LogP contribution in [-0.4, -0.2) is 137 Å². The lowest BCUT2D eigenvalue weighted by molar-refractivity contribution is -0.279. The van der Waals surface area contributed by atoms with Crippen LogP contribution in [0.1, 0.15) is 15.9 Å². The van der Waals surface area contributed by atoms with Crippen LogP contribution in [0.15, 0.2) is 30.3 Å². The van der Waals surface area contributed by atoms with Gasteiger partial charge in [0, 0.05) is 5.56 Å². The van der Waals surface area contributed by atoms with Gasteiger partial charge in [-0.25, -0.2) is 0 Å². The maximum absolute atomic E-state index is 13.3. The Morgan fingerprint density at radius 1 is 0.634 bits per heavy atom. The van der Waals surface area contributed by atoms with Crippen LogP contribution < -0.4 is 9.47 Å². The van der Waals surface area contributed by atoms with E-state index in [4.69, 9.17) is 18.9 Å². The summed E-state index contributed by atoms with van der Waals surface area (Å²) in [6.07, 6.45) is -18.4. The number of ether oxygens (including phenoxy) is 4. The summed E-state index contributed by atoms with van der Waals surface area (Å²) in [7, 11) is 0. The minimum Gasteiger partial charge on any atom is -0.504 e. The van der Waals surface area contributed by atoms with E-state index in [1.807, 2.05) is 0 Å². The van der Waals surface area contributed by atoms with Crippen LogP contribution in [0, 0.1) is 0 Å². The third-order valence-corrected chi connectivity index (χ3v) is 6.76. The number of hydrogen-bond acceptors (Lipinski definition) is 16. The monoisotopic (exact) mass is 586 g/mol. The molecule has 4 rings (SSSR count). The molecule has 16 nitrogen and oxygen atoms in total. The first-order valence-electron chi connectivity index (χ1n) is 12.3. The van der Waals surface area contributed by atoms with Crippen molar-refractivity contribution in [3.63, 3.8) is 0 Å². The highest BCUT2D eigenvalue weighted by molar-refractivity contribution is 6.13. The van der Waals surface area contributed by atoms with Crippen LogP contribution >= 0.6 is 0 Å². The molecule has 0 aliphatic carbocycles. The van der Waals surface area contributed by atoms with E-state index < -0.39 is 115 Å². The first kappa shape index (κ1) is 30.7. The molecule has 0 spiro atoms. The number of hydrogen-bond donors (Lipinski definition) is 11. The number of aliphatic hydroxyl groups is 8. The third-order valence-electron chi connectivity index (χ3n) is 6.76. The zero-order chi connectivity index (χ0) is 30.2. The summed E-state index contributed by atoms with van der Waals surface area (Å²) < 4.78 is 21.2. The second-order valence-electron chi connectivity index (χ2n) is 9.40. The van der Waals surface area contributed by atoms with Crippen molar-refractivity contribution in [2.45, 2.75) is 61.4 Å². The van der Waals surface area contributed by atoms with Gasteiger partial charge in [0.05, 0.1) is 13.2 Å². The molecule has 0 amide bonds. The van der Waals surface area contributed by atoms with Crippen LogP contribution in [-0.2, 0) is 9.47 Å². The van der Waals surface area contributed by atoms with Gasteiger partial charge in [0.25, 0.3) is 0 Å². The Morgan fingerprint density at radius 2 is 1.05 bits per heavy atom. The molecule has 0 bridgehead atoms. The van der Waals surface area contributed by atoms with E-state index in [2.05, 4.69) is 0 Å². The number of carbonyl (C=O) groups excluding carboxylic acids is 1. The van der Waals surface area contributed by atoms with Gasteiger partial charge in [-0.15, -0.1) is 0 Å². The van der Waals surface area contributed by atoms with E-state index in [1.165, 1.54) is 24.3 Å². The van der Waals surface area contributed by atoms with Crippen LogP contribution in [0.4, 0.5) is 0 Å². The summed E-state index contributed by atoms with van der Waals surface area (Å²) in [5.41, 5.74) is -0.977. The second kappa shape index (κ2) is 12.3. The van der Waals surface area contributed by atoms with Crippen molar-refractivity contribution in [1.29, 1.82) is 0 Å². The molecule has 10 atom stereocenters. The summed E-state index contributed by atoms with van der Waals surface area (Å²) >= 11 is 0. The van der Waals surface area contributed by atoms with Gasteiger partial charge in [-0.2, -0.15) is 0 Å². The normalized spacial score (nSPS) is 33.8. The zero-order valence-electron chi connectivity index (χ0n) is 21.0. The Bertz CT molecular complexity index is 1150. The Morgan fingerprint density at radius 3 is 1.44 bits per heavy atom. The van der Waals surface area contributed by atoms with E-state index in [-0.39, 0.29) is 5.56 Å². The highest BCUT2D eigenvalue weighted by Crippen LogP contribution is 2.54. The summed E-state index contributed by atoms with van der Waals surface area (Å²) in [4.78, 5) is 13.3. The lowest BCUT2D eigenvalue weighted by Crippen LogP contribution is -2.60. The minimum absolute atomic E-state index is 0.0682. The highest BCUT2D eigenvalue weighted by Gasteiger charge is 2.48. The number of aromatic hydroxyl groups is 3. The smallest absolute Gasteiger partial charge is 0.229 e. The van der Waals surface area contributed by atoms with Gasteiger partial charge in [0.15, 0.2) is 11.5 Å². The Kier molecular flexibility index (Phi) is 9.19. The van der Waals surface area contributed by atoms with Gasteiger partial charge < -0.3 is 75.1 Å². The van der Waals surface area contributed by atoms with Crippen LogP contribution in [0.2, 0.25) is 0 Å². The maximum atomic E-state index is 13.3. The molecular formula is C25H30O16. The molecule has 0 aromatic heterocycles.